The van der Waals surface area contributed by atoms with E-state index in [2.05, 4.69) is 11.4 Å². The number of hydrogen-bond donors (Lipinski definition) is 2. The lowest BCUT2D eigenvalue weighted by atomic mass is 10.2. The summed E-state index contributed by atoms with van der Waals surface area (Å²) in [6, 6.07) is 17.1. The highest BCUT2D eigenvalue weighted by Crippen LogP contribution is 2.20. The summed E-state index contributed by atoms with van der Waals surface area (Å²) in [6.07, 6.45) is 0. The molecular weight excluding hydrogens is 238 g/mol. The van der Waals surface area contributed by atoms with Crippen molar-refractivity contribution >= 4 is 11.4 Å². The van der Waals surface area contributed by atoms with Crippen molar-refractivity contribution in [2.24, 2.45) is 5.73 Å². The molecule has 4 nitrogen and oxygen atoms in total. The normalized spacial score (nSPS) is 9.68. The first kappa shape index (κ1) is 12.9. The Morgan fingerprint density at radius 2 is 1.89 bits per heavy atom. The summed E-state index contributed by atoms with van der Waals surface area (Å²) in [6.45, 7) is 1.01. The highest BCUT2D eigenvalue weighted by Gasteiger charge is 1.98. The van der Waals surface area contributed by atoms with E-state index >= 15 is 0 Å². The molecule has 0 radical (unpaired) electrons. The van der Waals surface area contributed by atoms with E-state index in [0.29, 0.717) is 18.7 Å². The number of benzene rings is 2. The molecule has 0 bridgehead atoms. The molecule has 0 unspecified atom stereocenters. The van der Waals surface area contributed by atoms with E-state index in [1.807, 2.05) is 36.4 Å². The van der Waals surface area contributed by atoms with Gasteiger partial charge in [0, 0.05) is 17.9 Å². The molecule has 0 saturated heterocycles. The first-order chi connectivity index (χ1) is 9.31. The second kappa shape index (κ2) is 6.43. The predicted molar refractivity (Wildman–Crippen MR) is 75.4 cm³/mol. The fraction of sp³-hybridized carbons (Fsp3) is 0.133. The summed E-state index contributed by atoms with van der Waals surface area (Å²) in [5.74, 6) is 0.793. The molecule has 0 fully saturated rings. The average molecular weight is 253 g/mol. The quantitative estimate of drug-likeness (QED) is 0.859. The van der Waals surface area contributed by atoms with Crippen LogP contribution in [-0.4, -0.2) is 13.2 Å². The van der Waals surface area contributed by atoms with Gasteiger partial charge in [-0.15, -0.1) is 0 Å². The van der Waals surface area contributed by atoms with Crippen LogP contribution in [0.15, 0.2) is 48.5 Å². The molecule has 4 heteroatoms. The monoisotopic (exact) mass is 253 g/mol. The number of anilines is 2. The van der Waals surface area contributed by atoms with E-state index < -0.39 is 0 Å². The molecule has 0 aromatic heterocycles. The Bertz CT molecular complexity index is 573. The van der Waals surface area contributed by atoms with Gasteiger partial charge < -0.3 is 15.8 Å². The molecule has 0 spiro atoms. The lowest BCUT2D eigenvalue weighted by Gasteiger charge is -2.08. The largest absolute Gasteiger partial charge is 0.492 e. The number of ether oxygens (including phenoxy) is 1. The smallest absolute Gasteiger partial charge is 0.119 e. The van der Waals surface area contributed by atoms with Crippen LogP contribution in [0.3, 0.4) is 0 Å². The first-order valence-electron chi connectivity index (χ1n) is 6.02. The second-order valence-corrected chi connectivity index (χ2v) is 3.98. The van der Waals surface area contributed by atoms with Gasteiger partial charge in [0.25, 0.3) is 0 Å². The number of nitrogens with one attached hydrogen (secondary N) is 1. The molecule has 19 heavy (non-hydrogen) atoms. The number of nitriles is 1. The third kappa shape index (κ3) is 3.73. The molecule has 0 heterocycles. The van der Waals surface area contributed by atoms with Crippen molar-refractivity contribution in [2.75, 3.05) is 18.5 Å². The molecule has 0 aliphatic carbocycles. The zero-order valence-corrected chi connectivity index (χ0v) is 10.5. The van der Waals surface area contributed by atoms with Crippen LogP contribution in [0.2, 0.25) is 0 Å². The van der Waals surface area contributed by atoms with Gasteiger partial charge in [-0.3, -0.25) is 0 Å². The molecule has 3 N–H and O–H groups in total. The maximum Gasteiger partial charge on any atom is 0.119 e. The van der Waals surface area contributed by atoms with Crippen LogP contribution < -0.4 is 15.8 Å². The Labute approximate surface area is 112 Å². The Balaban J connectivity index is 2.04. The van der Waals surface area contributed by atoms with Crippen molar-refractivity contribution in [3.8, 4) is 11.8 Å². The minimum absolute atomic E-state index is 0.501. The molecule has 0 aliphatic rings. The minimum atomic E-state index is 0.501. The Morgan fingerprint density at radius 3 is 2.58 bits per heavy atom. The third-order valence-corrected chi connectivity index (χ3v) is 2.52. The zero-order chi connectivity index (χ0) is 13.5. The molecule has 0 atom stereocenters. The van der Waals surface area contributed by atoms with Crippen LogP contribution in [0.4, 0.5) is 11.4 Å². The van der Waals surface area contributed by atoms with Crippen LogP contribution >= 0.6 is 0 Å². The highest BCUT2D eigenvalue weighted by molar-refractivity contribution is 5.61. The van der Waals surface area contributed by atoms with Gasteiger partial charge in [0.1, 0.15) is 12.4 Å². The van der Waals surface area contributed by atoms with Crippen LogP contribution in [0, 0.1) is 11.3 Å². The summed E-state index contributed by atoms with van der Waals surface area (Å²) < 4.78 is 5.40. The van der Waals surface area contributed by atoms with Crippen LogP contribution in [-0.2, 0) is 0 Å². The lowest BCUT2D eigenvalue weighted by molar-refractivity contribution is 0.328. The minimum Gasteiger partial charge on any atom is -0.492 e. The van der Waals surface area contributed by atoms with Crippen molar-refractivity contribution in [3.05, 3.63) is 54.1 Å². The molecule has 96 valence electrons. The zero-order valence-electron chi connectivity index (χ0n) is 10.5. The molecule has 0 saturated carbocycles. The predicted octanol–water partition coefficient (Wildman–Crippen LogP) is 2.64. The summed E-state index contributed by atoms with van der Waals surface area (Å²) in [5.41, 5.74) is 7.83. The first-order valence-corrected chi connectivity index (χ1v) is 6.02. The van der Waals surface area contributed by atoms with E-state index in [9.17, 15) is 0 Å². The highest BCUT2D eigenvalue weighted by atomic mass is 16.5. The van der Waals surface area contributed by atoms with Crippen LogP contribution in [0.25, 0.3) is 0 Å². The molecule has 2 aromatic rings. The van der Waals surface area contributed by atoms with Gasteiger partial charge in [-0.2, -0.15) is 5.26 Å². The number of nitrogens with two attached hydrogens (primary N) is 1. The maximum absolute atomic E-state index is 8.84. The number of rotatable bonds is 5. The van der Waals surface area contributed by atoms with Gasteiger partial charge in [0.2, 0.25) is 0 Å². The molecule has 2 rings (SSSR count). The summed E-state index contributed by atoms with van der Waals surface area (Å²) >= 11 is 0. The Morgan fingerprint density at radius 1 is 1.11 bits per heavy atom. The van der Waals surface area contributed by atoms with E-state index in [0.717, 1.165) is 17.1 Å². The Kier molecular flexibility index (Phi) is 4.38. The number of hydrogen-bond acceptors (Lipinski definition) is 4. The summed E-state index contributed by atoms with van der Waals surface area (Å²) in [4.78, 5) is 0. The van der Waals surface area contributed by atoms with Gasteiger partial charge in [-0.05, 0) is 42.5 Å². The van der Waals surface area contributed by atoms with Crippen molar-refractivity contribution in [3.63, 3.8) is 0 Å². The van der Waals surface area contributed by atoms with E-state index in [1.165, 1.54) is 0 Å². The number of nitrogens with zero attached hydrogens (tertiary/aromatic N) is 1. The molecule has 2 aromatic carbocycles. The maximum atomic E-state index is 8.84. The van der Waals surface area contributed by atoms with Gasteiger partial charge in [0.05, 0.1) is 11.6 Å². The molecular formula is C15H15N3O. The van der Waals surface area contributed by atoms with Crippen molar-refractivity contribution in [2.45, 2.75) is 0 Å². The van der Waals surface area contributed by atoms with Gasteiger partial charge in [-0.25, -0.2) is 0 Å². The van der Waals surface area contributed by atoms with E-state index in [4.69, 9.17) is 15.7 Å². The van der Waals surface area contributed by atoms with Crippen LogP contribution in [0.5, 0.6) is 5.75 Å². The van der Waals surface area contributed by atoms with Gasteiger partial charge in [0.15, 0.2) is 0 Å². The van der Waals surface area contributed by atoms with Gasteiger partial charge in [-0.1, -0.05) is 6.07 Å². The third-order valence-electron chi connectivity index (χ3n) is 2.52. The standard InChI is InChI=1S/C15H15N3O/c16-8-9-19-15-6-4-13(5-7-15)18-14-3-1-2-12(10-14)11-17/h1-7,10,18H,8-9,16H2. The fourth-order valence-corrected chi connectivity index (χ4v) is 1.64. The Hall–Kier alpha value is -2.51. The molecule has 0 amide bonds. The fourth-order valence-electron chi connectivity index (χ4n) is 1.64. The average Bonchev–Trinajstić information content (AvgIpc) is 2.47. The van der Waals surface area contributed by atoms with Crippen molar-refractivity contribution in [1.82, 2.24) is 0 Å². The van der Waals surface area contributed by atoms with Crippen LogP contribution in [0.1, 0.15) is 5.56 Å². The second-order valence-electron chi connectivity index (χ2n) is 3.98. The SMILES string of the molecule is N#Cc1cccc(Nc2ccc(OCCN)cc2)c1. The topological polar surface area (TPSA) is 71.1 Å². The summed E-state index contributed by atoms with van der Waals surface area (Å²) in [7, 11) is 0. The van der Waals surface area contributed by atoms with Crippen molar-refractivity contribution in [1.29, 1.82) is 5.26 Å². The molecule has 0 aliphatic heterocycles. The summed E-state index contributed by atoms with van der Waals surface area (Å²) in [5, 5.41) is 12.1. The van der Waals surface area contributed by atoms with Gasteiger partial charge >= 0.3 is 0 Å². The lowest BCUT2D eigenvalue weighted by Crippen LogP contribution is -2.10. The van der Waals surface area contributed by atoms with E-state index in [-0.39, 0.29) is 0 Å². The van der Waals surface area contributed by atoms with E-state index in [1.54, 1.807) is 12.1 Å². The van der Waals surface area contributed by atoms with Crippen molar-refractivity contribution < 1.29 is 4.74 Å².